The molecule has 2 rings (SSSR count). The van der Waals surface area contributed by atoms with Crippen LogP contribution in [0.15, 0.2) is 6.20 Å². The smallest absolute Gasteiger partial charge is 0.160 e. The van der Waals surface area contributed by atoms with Gasteiger partial charge in [0.25, 0.3) is 0 Å². The molecule has 1 aromatic rings. The van der Waals surface area contributed by atoms with Crippen LogP contribution in [0.4, 0.5) is 0 Å². The second-order valence-corrected chi connectivity index (χ2v) is 5.06. The van der Waals surface area contributed by atoms with Gasteiger partial charge in [0.1, 0.15) is 5.60 Å². The third kappa shape index (κ3) is 2.94. The third-order valence-corrected chi connectivity index (χ3v) is 3.64. The minimum absolute atomic E-state index is 0.0493. The van der Waals surface area contributed by atoms with Gasteiger partial charge in [0.05, 0.1) is 0 Å². The van der Waals surface area contributed by atoms with Crippen LogP contribution in [0.3, 0.4) is 0 Å². The van der Waals surface area contributed by atoms with Gasteiger partial charge in [-0.3, -0.25) is 0 Å². The predicted molar refractivity (Wildman–Crippen MR) is 72.7 cm³/mol. The van der Waals surface area contributed by atoms with E-state index in [9.17, 15) is 0 Å². The monoisotopic (exact) mass is 265 g/mol. The molecule has 5 heteroatoms. The molecule has 1 aliphatic heterocycles. The van der Waals surface area contributed by atoms with Crippen molar-refractivity contribution in [1.29, 1.82) is 0 Å². The van der Waals surface area contributed by atoms with Crippen molar-refractivity contribution in [3.8, 4) is 0 Å². The molecule has 1 saturated heterocycles. The largest absolute Gasteiger partial charge is 0.381 e. The van der Waals surface area contributed by atoms with Crippen molar-refractivity contribution in [2.45, 2.75) is 45.3 Å². The molecule has 0 bridgehead atoms. The van der Waals surface area contributed by atoms with Crippen LogP contribution >= 0.6 is 0 Å². The molecule has 0 saturated carbocycles. The average molecular weight is 265 g/mol. The number of hydrogen-bond donors (Lipinski definition) is 1. The molecule has 0 unspecified atom stereocenters. The van der Waals surface area contributed by atoms with Crippen molar-refractivity contribution in [1.82, 2.24) is 9.97 Å². The van der Waals surface area contributed by atoms with Gasteiger partial charge in [-0.1, -0.05) is 0 Å². The van der Waals surface area contributed by atoms with Gasteiger partial charge in [-0.15, -0.1) is 0 Å². The molecule has 2 N–H and O–H groups in total. The molecule has 0 aromatic carbocycles. The second-order valence-electron chi connectivity index (χ2n) is 5.06. The number of ether oxygens (including phenoxy) is 2. The van der Waals surface area contributed by atoms with Crippen LogP contribution in [0.2, 0.25) is 0 Å². The van der Waals surface area contributed by atoms with Crippen LogP contribution in [0.25, 0.3) is 0 Å². The molecular weight excluding hydrogens is 242 g/mol. The van der Waals surface area contributed by atoms with Crippen LogP contribution in [0.5, 0.6) is 0 Å². The highest BCUT2D eigenvalue weighted by atomic mass is 16.5. The molecule has 1 atom stereocenters. The van der Waals surface area contributed by atoms with Crippen LogP contribution in [0.1, 0.15) is 49.8 Å². The van der Waals surface area contributed by atoms with Crippen molar-refractivity contribution in [2.75, 3.05) is 19.8 Å². The maximum absolute atomic E-state index is 5.98. The van der Waals surface area contributed by atoms with Crippen LogP contribution in [0, 0.1) is 6.92 Å². The SMILES string of the molecule is CCOC1(c2ncc([C@H](C)N)c(C)n2)CCOCC1. The van der Waals surface area contributed by atoms with Gasteiger partial charge in [-0.05, 0) is 20.8 Å². The highest BCUT2D eigenvalue weighted by molar-refractivity contribution is 5.21. The van der Waals surface area contributed by atoms with E-state index in [2.05, 4.69) is 9.97 Å². The van der Waals surface area contributed by atoms with E-state index < -0.39 is 5.60 Å². The summed E-state index contributed by atoms with van der Waals surface area (Å²) >= 11 is 0. The first-order chi connectivity index (χ1) is 9.09. The van der Waals surface area contributed by atoms with Crippen LogP contribution in [-0.2, 0) is 15.1 Å². The first kappa shape index (κ1) is 14.4. The summed E-state index contributed by atoms with van der Waals surface area (Å²) < 4.78 is 11.4. The minimum Gasteiger partial charge on any atom is -0.381 e. The fourth-order valence-corrected chi connectivity index (χ4v) is 2.55. The van der Waals surface area contributed by atoms with Crippen molar-refractivity contribution < 1.29 is 9.47 Å². The van der Waals surface area contributed by atoms with E-state index in [0.29, 0.717) is 19.8 Å². The van der Waals surface area contributed by atoms with E-state index in [1.807, 2.05) is 27.0 Å². The second kappa shape index (κ2) is 5.94. The van der Waals surface area contributed by atoms with Crippen molar-refractivity contribution >= 4 is 0 Å². The summed E-state index contributed by atoms with van der Waals surface area (Å²) in [5.74, 6) is 0.763. The van der Waals surface area contributed by atoms with Gasteiger partial charge in [0.2, 0.25) is 0 Å². The molecular formula is C14H23N3O2. The van der Waals surface area contributed by atoms with E-state index in [1.54, 1.807) is 0 Å². The number of aryl methyl sites for hydroxylation is 1. The fourth-order valence-electron chi connectivity index (χ4n) is 2.55. The molecule has 19 heavy (non-hydrogen) atoms. The summed E-state index contributed by atoms with van der Waals surface area (Å²) in [4.78, 5) is 9.14. The molecule has 0 spiro atoms. The van der Waals surface area contributed by atoms with Crippen LogP contribution in [-0.4, -0.2) is 29.8 Å². The number of aromatic nitrogens is 2. The Labute approximate surface area is 114 Å². The molecule has 5 nitrogen and oxygen atoms in total. The van der Waals surface area contributed by atoms with Crippen molar-refractivity contribution in [3.05, 3.63) is 23.3 Å². The summed E-state index contributed by atoms with van der Waals surface area (Å²) in [6, 6.07) is -0.0493. The Morgan fingerprint density at radius 3 is 2.68 bits per heavy atom. The Balaban J connectivity index is 2.34. The molecule has 2 heterocycles. The average Bonchev–Trinajstić information content (AvgIpc) is 2.39. The Hall–Kier alpha value is -1.04. The van der Waals surface area contributed by atoms with Gasteiger partial charge in [0, 0.05) is 56.2 Å². The van der Waals surface area contributed by atoms with Crippen molar-refractivity contribution in [3.63, 3.8) is 0 Å². The van der Waals surface area contributed by atoms with Gasteiger partial charge < -0.3 is 15.2 Å². The maximum Gasteiger partial charge on any atom is 0.160 e. The Kier molecular flexibility index (Phi) is 4.50. The first-order valence-corrected chi connectivity index (χ1v) is 6.90. The molecule has 0 radical (unpaired) electrons. The standard InChI is InChI=1S/C14H23N3O2/c1-4-19-14(5-7-18-8-6-14)13-16-9-12(10(2)15)11(3)17-13/h9-10H,4-8,15H2,1-3H3/t10-/m0/s1. The maximum atomic E-state index is 5.98. The van der Waals surface area contributed by atoms with E-state index in [-0.39, 0.29) is 6.04 Å². The highest BCUT2D eigenvalue weighted by Crippen LogP contribution is 2.34. The molecule has 0 amide bonds. The number of hydrogen-bond acceptors (Lipinski definition) is 5. The summed E-state index contributed by atoms with van der Waals surface area (Å²) in [6.07, 6.45) is 3.44. The van der Waals surface area contributed by atoms with E-state index >= 15 is 0 Å². The lowest BCUT2D eigenvalue weighted by molar-refractivity contribution is -0.118. The number of nitrogens with zero attached hydrogens (tertiary/aromatic N) is 2. The van der Waals surface area contributed by atoms with Crippen LogP contribution < -0.4 is 5.73 Å². The third-order valence-electron chi connectivity index (χ3n) is 3.64. The lowest BCUT2D eigenvalue weighted by atomic mass is 9.92. The number of rotatable bonds is 4. The normalized spacial score (nSPS) is 20.2. The summed E-state index contributed by atoms with van der Waals surface area (Å²) in [6.45, 7) is 7.95. The van der Waals surface area contributed by atoms with Gasteiger partial charge in [0.15, 0.2) is 5.82 Å². The summed E-state index contributed by atoms with van der Waals surface area (Å²) in [7, 11) is 0. The minimum atomic E-state index is -0.395. The lowest BCUT2D eigenvalue weighted by Crippen LogP contribution is -2.38. The van der Waals surface area contributed by atoms with Gasteiger partial charge >= 0.3 is 0 Å². The molecule has 1 aromatic heterocycles. The fraction of sp³-hybridized carbons (Fsp3) is 0.714. The Bertz CT molecular complexity index is 423. The predicted octanol–water partition coefficient (Wildman–Crippen LogP) is 1.85. The van der Waals surface area contributed by atoms with E-state index in [1.165, 1.54) is 0 Å². The highest BCUT2D eigenvalue weighted by Gasteiger charge is 2.38. The Morgan fingerprint density at radius 1 is 1.47 bits per heavy atom. The first-order valence-electron chi connectivity index (χ1n) is 6.90. The van der Waals surface area contributed by atoms with Gasteiger partial charge in [-0.25, -0.2) is 9.97 Å². The summed E-state index contributed by atoms with van der Waals surface area (Å²) in [5.41, 5.74) is 7.43. The topological polar surface area (TPSA) is 70.3 Å². The zero-order chi connectivity index (χ0) is 13.9. The van der Waals surface area contributed by atoms with Gasteiger partial charge in [-0.2, -0.15) is 0 Å². The molecule has 0 aliphatic carbocycles. The molecule has 1 aliphatic rings. The quantitative estimate of drug-likeness (QED) is 0.899. The molecule has 1 fully saturated rings. The van der Waals surface area contributed by atoms with E-state index in [4.69, 9.17) is 15.2 Å². The zero-order valence-corrected chi connectivity index (χ0v) is 12.0. The zero-order valence-electron chi connectivity index (χ0n) is 12.0. The van der Waals surface area contributed by atoms with E-state index in [0.717, 1.165) is 29.9 Å². The number of nitrogens with two attached hydrogens (primary N) is 1. The molecule has 106 valence electrons. The lowest BCUT2D eigenvalue weighted by Gasteiger charge is -2.35. The van der Waals surface area contributed by atoms with Crippen molar-refractivity contribution in [2.24, 2.45) is 5.73 Å². The summed E-state index contributed by atoms with van der Waals surface area (Å²) in [5, 5.41) is 0. The Morgan fingerprint density at radius 2 is 2.16 bits per heavy atom.